The van der Waals surface area contributed by atoms with Gasteiger partial charge in [0.05, 0.1) is 0 Å². The Labute approximate surface area is 72.2 Å². The first-order valence-electron chi connectivity index (χ1n) is 3.65. The van der Waals surface area contributed by atoms with Crippen LogP contribution in [-0.4, -0.2) is 10.5 Å². The lowest BCUT2D eigenvalue weighted by Gasteiger charge is -2.10. The summed E-state index contributed by atoms with van der Waals surface area (Å²) >= 11 is 0. The average molecular weight is 167 g/mol. The third-order valence-electron chi connectivity index (χ3n) is 1.54. The molecule has 0 aromatic rings. The molecule has 3 heteroatoms. The van der Waals surface area contributed by atoms with E-state index in [0.29, 0.717) is 0 Å². The van der Waals surface area contributed by atoms with Crippen LogP contribution in [0.25, 0.3) is 0 Å². The van der Waals surface area contributed by atoms with Gasteiger partial charge in [-0.2, -0.15) is 0 Å². The van der Waals surface area contributed by atoms with Gasteiger partial charge in [-0.25, -0.2) is 0 Å². The zero-order chi connectivity index (χ0) is 9.61. The molecule has 0 fully saturated rings. The molecule has 0 rings (SSSR count). The van der Waals surface area contributed by atoms with E-state index in [-0.39, 0.29) is 4.92 Å². The van der Waals surface area contributed by atoms with Crippen molar-refractivity contribution in [1.82, 2.24) is 0 Å². The van der Waals surface area contributed by atoms with Crippen molar-refractivity contribution < 1.29 is 4.92 Å². The fourth-order valence-corrected chi connectivity index (χ4v) is 0.565. The van der Waals surface area contributed by atoms with Gasteiger partial charge in [0.1, 0.15) is 0 Å². The van der Waals surface area contributed by atoms with Crippen molar-refractivity contribution in [3.05, 3.63) is 47.1 Å². The normalized spacial score (nSPS) is 16.5. The second-order valence-electron chi connectivity index (χ2n) is 2.57. The highest BCUT2D eigenvalue weighted by Gasteiger charge is 2.28. The lowest BCUT2D eigenvalue weighted by atomic mass is 10.0. The van der Waals surface area contributed by atoms with Crippen molar-refractivity contribution in [2.75, 3.05) is 0 Å². The molecule has 0 saturated heterocycles. The number of allylic oxidation sites excluding steroid dienone is 3. The fraction of sp³-hybridized carbons (Fsp3) is 0.333. The van der Waals surface area contributed by atoms with E-state index >= 15 is 0 Å². The summed E-state index contributed by atoms with van der Waals surface area (Å²) in [6, 6.07) is 0. The molecule has 3 nitrogen and oxygen atoms in total. The van der Waals surface area contributed by atoms with E-state index in [9.17, 15) is 10.1 Å². The predicted molar refractivity (Wildman–Crippen MR) is 49.6 cm³/mol. The van der Waals surface area contributed by atoms with E-state index in [1.807, 2.05) is 6.92 Å². The van der Waals surface area contributed by atoms with Crippen molar-refractivity contribution in [3.8, 4) is 0 Å². The Bertz CT molecular complexity index is 231. The highest BCUT2D eigenvalue weighted by molar-refractivity contribution is 5.14. The molecular formula is C9H13NO2. The van der Waals surface area contributed by atoms with Gasteiger partial charge in [-0.15, -0.1) is 0 Å². The van der Waals surface area contributed by atoms with Crippen LogP contribution in [0.4, 0.5) is 0 Å². The van der Waals surface area contributed by atoms with Crippen LogP contribution in [-0.2, 0) is 0 Å². The number of nitrogens with zero attached hydrogens (tertiary/aromatic N) is 1. The van der Waals surface area contributed by atoms with Gasteiger partial charge < -0.3 is 0 Å². The van der Waals surface area contributed by atoms with Crippen LogP contribution in [0.5, 0.6) is 0 Å². The maximum absolute atomic E-state index is 10.5. The molecule has 0 aliphatic carbocycles. The summed E-state index contributed by atoms with van der Waals surface area (Å²) in [5, 5.41) is 10.5. The smallest absolute Gasteiger partial charge is 0.255 e. The van der Waals surface area contributed by atoms with Gasteiger partial charge in [0.15, 0.2) is 0 Å². The summed E-state index contributed by atoms with van der Waals surface area (Å²) in [4.78, 5) is 10.1. The van der Waals surface area contributed by atoms with Crippen LogP contribution < -0.4 is 0 Å². The molecule has 12 heavy (non-hydrogen) atoms. The predicted octanol–water partition coefficient (Wildman–Crippen LogP) is 2.34. The van der Waals surface area contributed by atoms with Crippen molar-refractivity contribution >= 4 is 0 Å². The molecule has 0 heterocycles. The largest absolute Gasteiger partial charge is 0.263 e. The van der Waals surface area contributed by atoms with Crippen molar-refractivity contribution in [2.24, 2.45) is 0 Å². The molecule has 0 radical (unpaired) electrons. The highest BCUT2D eigenvalue weighted by Crippen LogP contribution is 2.11. The molecule has 0 aromatic heterocycles. The molecule has 0 aliphatic rings. The van der Waals surface area contributed by atoms with Crippen LogP contribution in [0.1, 0.15) is 13.8 Å². The number of rotatable bonds is 4. The van der Waals surface area contributed by atoms with Crippen molar-refractivity contribution in [3.63, 3.8) is 0 Å². The summed E-state index contributed by atoms with van der Waals surface area (Å²) in [7, 11) is 0. The Balaban J connectivity index is 4.55. The molecule has 66 valence electrons. The second-order valence-corrected chi connectivity index (χ2v) is 2.57. The first-order valence-corrected chi connectivity index (χ1v) is 3.65. The van der Waals surface area contributed by atoms with Crippen LogP contribution in [0, 0.1) is 10.1 Å². The minimum absolute atomic E-state index is 0.375. The Morgan fingerprint density at radius 2 is 2.08 bits per heavy atom. The third kappa shape index (κ3) is 2.70. The van der Waals surface area contributed by atoms with Gasteiger partial charge in [0, 0.05) is 11.8 Å². The third-order valence-corrected chi connectivity index (χ3v) is 1.54. The molecule has 0 bridgehead atoms. The Morgan fingerprint density at radius 3 is 2.42 bits per heavy atom. The van der Waals surface area contributed by atoms with E-state index in [1.54, 1.807) is 18.2 Å². The summed E-state index contributed by atoms with van der Waals surface area (Å²) in [5.41, 5.74) is -1.15. The van der Waals surface area contributed by atoms with Crippen LogP contribution in [0.2, 0.25) is 0 Å². The summed E-state index contributed by atoms with van der Waals surface area (Å²) in [6.07, 6.45) is 8.00. The van der Waals surface area contributed by atoms with Gasteiger partial charge in [-0.3, -0.25) is 10.1 Å². The highest BCUT2D eigenvalue weighted by atomic mass is 16.6. The molecular weight excluding hydrogens is 154 g/mol. The van der Waals surface area contributed by atoms with Gasteiger partial charge in [0.25, 0.3) is 5.54 Å². The minimum Gasteiger partial charge on any atom is -0.263 e. The van der Waals surface area contributed by atoms with Crippen LogP contribution in [0.15, 0.2) is 37.0 Å². The summed E-state index contributed by atoms with van der Waals surface area (Å²) in [5.74, 6) is 0. The molecule has 1 atom stereocenters. The Morgan fingerprint density at radius 1 is 1.50 bits per heavy atom. The standard InChI is InChI=1S/C9H13NO2/c1-4-6-7-8-9(3,5-2)10(11)12/h4-8H,2H2,1,3H3/b6-4-,8-7-. The molecule has 0 aromatic carbocycles. The monoisotopic (exact) mass is 167 g/mol. The van der Waals surface area contributed by atoms with Gasteiger partial charge in [0.2, 0.25) is 0 Å². The Hall–Kier alpha value is -1.38. The van der Waals surface area contributed by atoms with Crippen molar-refractivity contribution in [1.29, 1.82) is 0 Å². The average Bonchev–Trinajstić information content (AvgIpc) is 2.04. The van der Waals surface area contributed by atoms with Gasteiger partial charge in [-0.05, 0) is 19.1 Å². The van der Waals surface area contributed by atoms with Gasteiger partial charge in [-0.1, -0.05) is 24.8 Å². The number of hydrogen-bond acceptors (Lipinski definition) is 2. The first kappa shape index (κ1) is 10.6. The van der Waals surface area contributed by atoms with Crippen molar-refractivity contribution in [2.45, 2.75) is 19.4 Å². The lowest BCUT2D eigenvalue weighted by Crippen LogP contribution is -2.29. The summed E-state index contributed by atoms with van der Waals surface area (Å²) in [6.45, 7) is 6.76. The topological polar surface area (TPSA) is 43.1 Å². The molecule has 1 unspecified atom stereocenters. The van der Waals surface area contributed by atoms with Crippen LogP contribution in [0.3, 0.4) is 0 Å². The van der Waals surface area contributed by atoms with Crippen LogP contribution >= 0.6 is 0 Å². The molecule has 0 spiro atoms. The van der Waals surface area contributed by atoms with Gasteiger partial charge >= 0.3 is 0 Å². The SMILES string of the molecule is C=CC(C)(/C=C\C=C/C)[N+](=O)[O-]. The van der Waals surface area contributed by atoms with E-state index < -0.39 is 5.54 Å². The van der Waals surface area contributed by atoms with E-state index in [0.717, 1.165) is 0 Å². The Kier molecular flexibility index (Phi) is 3.97. The molecule has 0 aliphatic heterocycles. The summed E-state index contributed by atoms with van der Waals surface area (Å²) < 4.78 is 0. The maximum atomic E-state index is 10.5. The molecule has 0 saturated carbocycles. The first-order chi connectivity index (χ1) is 5.56. The molecule has 0 amide bonds. The fourth-order valence-electron chi connectivity index (χ4n) is 0.565. The minimum atomic E-state index is -1.15. The molecule has 0 N–H and O–H groups in total. The van der Waals surface area contributed by atoms with E-state index in [2.05, 4.69) is 6.58 Å². The number of hydrogen-bond donors (Lipinski definition) is 0. The maximum Gasteiger partial charge on any atom is 0.255 e. The zero-order valence-corrected chi connectivity index (χ0v) is 7.36. The lowest BCUT2D eigenvalue weighted by molar-refractivity contribution is -0.535. The van der Waals surface area contributed by atoms with E-state index in [4.69, 9.17) is 0 Å². The number of nitro groups is 1. The zero-order valence-electron chi connectivity index (χ0n) is 7.36. The quantitative estimate of drug-likeness (QED) is 0.279. The second kappa shape index (κ2) is 4.49. The van der Waals surface area contributed by atoms with E-state index in [1.165, 1.54) is 19.1 Å².